The zero-order valence-corrected chi connectivity index (χ0v) is 16.3. The summed E-state index contributed by atoms with van der Waals surface area (Å²) in [5.41, 5.74) is 1.72. The Hall–Kier alpha value is -1.66. The molecular weight excluding hydrogens is 399 g/mol. The van der Waals surface area contributed by atoms with Crippen LogP contribution >= 0.6 is 34.8 Å². The van der Waals surface area contributed by atoms with E-state index in [0.29, 0.717) is 48.3 Å². The molecule has 26 heavy (non-hydrogen) atoms. The van der Waals surface area contributed by atoms with Gasteiger partial charge in [-0.15, -0.1) is 0 Å². The second kappa shape index (κ2) is 8.35. The zero-order chi connectivity index (χ0) is 18.7. The summed E-state index contributed by atoms with van der Waals surface area (Å²) in [5.74, 6) is -0.00475. The van der Waals surface area contributed by atoms with Crippen molar-refractivity contribution in [1.29, 1.82) is 0 Å². The van der Waals surface area contributed by atoms with E-state index in [4.69, 9.17) is 44.3 Å². The van der Waals surface area contributed by atoms with Gasteiger partial charge in [0.05, 0.1) is 46.8 Å². The average molecular weight is 416 g/mol. The highest BCUT2D eigenvalue weighted by Gasteiger charge is 2.20. The molecular formula is C18H17Cl3N2O3. The molecule has 2 aromatic rings. The van der Waals surface area contributed by atoms with Gasteiger partial charge < -0.3 is 19.7 Å². The van der Waals surface area contributed by atoms with E-state index in [0.717, 1.165) is 5.69 Å². The molecule has 0 bridgehead atoms. The maximum Gasteiger partial charge on any atom is 0.255 e. The van der Waals surface area contributed by atoms with Crippen molar-refractivity contribution in [3.8, 4) is 5.75 Å². The molecule has 0 atom stereocenters. The van der Waals surface area contributed by atoms with Crippen LogP contribution in [-0.4, -0.2) is 39.3 Å². The molecule has 1 aliphatic heterocycles. The number of carbonyl (C=O) groups is 1. The van der Waals surface area contributed by atoms with Crippen molar-refractivity contribution in [3.05, 3.63) is 51.0 Å². The van der Waals surface area contributed by atoms with Crippen LogP contribution in [0.3, 0.4) is 0 Å². The van der Waals surface area contributed by atoms with Gasteiger partial charge in [-0.05, 0) is 24.3 Å². The first-order chi connectivity index (χ1) is 12.5. The number of amides is 1. The Labute approximate surface area is 166 Å². The number of carbonyl (C=O) groups excluding carboxylic acids is 1. The van der Waals surface area contributed by atoms with Crippen molar-refractivity contribution in [2.75, 3.05) is 43.6 Å². The van der Waals surface area contributed by atoms with Gasteiger partial charge in [-0.3, -0.25) is 4.79 Å². The minimum atomic E-state index is -0.340. The molecule has 1 heterocycles. The van der Waals surface area contributed by atoms with Gasteiger partial charge in [-0.1, -0.05) is 40.9 Å². The fourth-order valence-corrected chi connectivity index (χ4v) is 3.74. The number of nitrogens with zero attached hydrogens (tertiary/aromatic N) is 1. The van der Waals surface area contributed by atoms with Gasteiger partial charge in [0.1, 0.15) is 0 Å². The van der Waals surface area contributed by atoms with Crippen molar-refractivity contribution in [2.45, 2.75) is 0 Å². The molecule has 1 saturated heterocycles. The minimum absolute atomic E-state index is 0.268. The number of halogens is 3. The maximum absolute atomic E-state index is 12.7. The molecule has 8 heteroatoms. The second-order valence-electron chi connectivity index (χ2n) is 5.66. The average Bonchev–Trinajstić information content (AvgIpc) is 2.62. The molecule has 1 aliphatic rings. The highest BCUT2D eigenvalue weighted by atomic mass is 35.5. The molecule has 2 aromatic carbocycles. The lowest BCUT2D eigenvalue weighted by Gasteiger charge is -2.31. The maximum atomic E-state index is 12.7. The van der Waals surface area contributed by atoms with Crippen molar-refractivity contribution >= 4 is 52.1 Å². The molecule has 0 aromatic heterocycles. The summed E-state index contributed by atoms with van der Waals surface area (Å²) < 4.78 is 10.5. The fourth-order valence-electron chi connectivity index (χ4n) is 2.81. The normalized spacial score (nSPS) is 14.2. The monoisotopic (exact) mass is 414 g/mol. The Bertz CT molecular complexity index is 800. The van der Waals surface area contributed by atoms with Crippen LogP contribution in [-0.2, 0) is 4.74 Å². The number of ether oxygens (including phenoxy) is 2. The van der Waals surface area contributed by atoms with E-state index in [-0.39, 0.29) is 16.0 Å². The number of morpholine rings is 1. The quantitative estimate of drug-likeness (QED) is 0.783. The van der Waals surface area contributed by atoms with Gasteiger partial charge in [-0.2, -0.15) is 0 Å². The van der Waals surface area contributed by atoms with Crippen LogP contribution in [0.1, 0.15) is 10.4 Å². The summed E-state index contributed by atoms with van der Waals surface area (Å²) in [6.07, 6.45) is 0. The predicted octanol–water partition coefficient (Wildman–Crippen LogP) is 4.74. The molecule has 138 valence electrons. The fraction of sp³-hybridized carbons (Fsp3) is 0.278. The second-order valence-corrected chi connectivity index (χ2v) is 6.88. The SMILES string of the molecule is COc1c(Cl)cc(C(=O)Nc2cccc(Cl)c2N2CCOCC2)cc1Cl. The summed E-state index contributed by atoms with van der Waals surface area (Å²) >= 11 is 18.6. The van der Waals surface area contributed by atoms with E-state index >= 15 is 0 Å². The zero-order valence-electron chi connectivity index (χ0n) is 14.0. The topological polar surface area (TPSA) is 50.8 Å². The number of rotatable bonds is 4. The molecule has 0 radical (unpaired) electrons. The number of hydrogen-bond acceptors (Lipinski definition) is 4. The highest BCUT2D eigenvalue weighted by molar-refractivity contribution is 6.38. The van der Waals surface area contributed by atoms with Crippen molar-refractivity contribution < 1.29 is 14.3 Å². The summed E-state index contributed by atoms with van der Waals surface area (Å²) in [4.78, 5) is 14.8. The summed E-state index contributed by atoms with van der Waals surface area (Å²) in [7, 11) is 1.47. The summed E-state index contributed by atoms with van der Waals surface area (Å²) in [5, 5.41) is 3.99. The van der Waals surface area contributed by atoms with E-state index in [9.17, 15) is 4.79 Å². The van der Waals surface area contributed by atoms with Crippen LogP contribution in [0.25, 0.3) is 0 Å². The van der Waals surface area contributed by atoms with Crippen molar-refractivity contribution in [2.24, 2.45) is 0 Å². The lowest BCUT2D eigenvalue weighted by atomic mass is 10.1. The summed E-state index contributed by atoms with van der Waals surface area (Å²) in [6.45, 7) is 2.63. The summed E-state index contributed by atoms with van der Waals surface area (Å²) in [6, 6.07) is 8.42. The molecule has 1 N–H and O–H groups in total. The van der Waals surface area contributed by atoms with Gasteiger partial charge >= 0.3 is 0 Å². The number of nitrogens with one attached hydrogen (secondary N) is 1. The Morgan fingerprint density at radius 1 is 1.12 bits per heavy atom. The van der Waals surface area contributed by atoms with Gasteiger partial charge in [0, 0.05) is 18.7 Å². The van der Waals surface area contributed by atoms with Crippen LogP contribution < -0.4 is 15.0 Å². The first kappa shape index (κ1) is 19.1. The van der Waals surface area contributed by atoms with Crippen LogP contribution in [0.4, 0.5) is 11.4 Å². The highest BCUT2D eigenvalue weighted by Crippen LogP contribution is 2.36. The Balaban J connectivity index is 1.89. The lowest BCUT2D eigenvalue weighted by Crippen LogP contribution is -2.37. The predicted molar refractivity (Wildman–Crippen MR) is 105 cm³/mol. The number of anilines is 2. The molecule has 3 rings (SSSR count). The third-order valence-electron chi connectivity index (χ3n) is 4.03. The molecule has 0 saturated carbocycles. The molecule has 0 spiro atoms. The van der Waals surface area contributed by atoms with E-state index < -0.39 is 0 Å². The Kier molecular flexibility index (Phi) is 6.14. The molecule has 1 fully saturated rings. The lowest BCUT2D eigenvalue weighted by molar-refractivity contribution is 0.102. The number of benzene rings is 2. The van der Waals surface area contributed by atoms with Crippen molar-refractivity contribution in [3.63, 3.8) is 0 Å². The number of para-hydroxylation sites is 1. The van der Waals surface area contributed by atoms with Crippen molar-refractivity contribution in [1.82, 2.24) is 0 Å². The minimum Gasteiger partial charge on any atom is -0.494 e. The van der Waals surface area contributed by atoms with Crippen LogP contribution in [0, 0.1) is 0 Å². The van der Waals surface area contributed by atoms with Gasteiger partial charge in [0.15, 0.2) is 5.75 Å². The molecule has 0 unspecified atom stereocenters. The van der Waals surface area contributed by atoms with E-state index in [1.165, 1.54) is 19.2 Å². The van der Waals surface area contributed by atoms with Gasteiger partial charge in [0.25, 0.3) is 5.91 Å². The van der Waals surface area contributed by atoms with Gasteiger partial charge in [-0.25, -0.2) is 0 Å². The third kappa shape index (κ3) is 4.01. The first-order valence-electron chi connectivity index (χ1n) is 7.97. The van der Waals surface area contributed by atoms with Crippen LogP contribution in [0.15, 0.2) is 30.3 Å². The first-order valence-corrected chi connectivity index (χ1v) is 9.10. The van der Waals surface area contributed by atoms with E-state index in [2.05, 4.69) is 10.2 Å². The molecule has 1 amide bonds. The number of hydrogen-bond donors (Lipinski definition) is 1. The van der Waals surface area contributed by atoms with Crippen LogP contribution in [0.5, 0.6) is 5.75 Å². The third-order valence-corrected chi connectivity index (χ3v) is 4.89. The Morgan fingerprint density at radius 2 is 1.77 bits per heavy atom. The van der Waals surface area contributed by atoms with Gasteiger partial charge in [0.2, 0.25) is 0 Å². The van der Waals surface area contributed by atoms with E-state index in [1.807, 2.05) is 0 Å². The molecule has 5 nitrogen and oxygen atoms in total. The largest absolute Gasteiger partial charge is 0.494 e. The smallest absolute Gasteiger partial charge is 0.255 e. The molecule has 0 aliphatic carbocycles. The Morgan fingerprint density at radius 3 is 2.38 bits per heavy atom. The number of methoxy groups -OCH3 is 1. The standard InChI is InChI=1S/C18H17Cl3N2O3/c1-25-17-13(20)9-11(10-14(17)21)18(24)22-15-4-2-3-12(19)16(15)23-5-7-26-8-6-23/h2-4,9-10H,5-8H2,1H3,(H,22,24). The van der Waals surface area contributed by atoms with E-state index in [1.54, 1.807) is 18.2 Å². The van der Waals surface area contributed by atoms with Crippen LogP contribution in [0.2, 0.25) is 15.1 Å².